The second-order valence-electron chi connectivity index (χ2n) is 6.11. The van der Waals surface area contributed by atoms with Gasteiger partial charge in [-0.3, -0.25) is 14.2 Å². The molecule has 0 amide bonds. The first-order valence-corrected chi connectivity index (χ1v) is 9.86. The van der Waals surface area contributed by atoms with Crippen LogP contribution in [0.2, 0.25) is 5.02 Å². The molecule has 0 fully saturated rings. The number of pyridine rings is 1. The van der Waals surface area contributed by atoms with E-state index in [1.807, 2.05) is 25.1 Å². The molecule has 0 radical (unpaired) electrons. The predicted octanol–water partition coefficient (Wildman–Crippen LogP) is 3.51. The normalized spacial score (nSPS) is 12.0. The summed E-state index contributed by atoms with van der Waals surface area (Å²) in [7, 11) is 0. The quantitative estimate of drug-likeness (QED) is 0.541. The van der Waals surface area contributed by atoms with Gasteiger partial charge in [0.15, 0.2) is 16.5 Å². The summed E-state index contributed by atoms with van der Waals surface area (Å²) in [5, 5.41) is 10.2. The van der Waals surface area contributed by atoms with Crippen LogP contribution < -0.4 is 14.8 Å². The van der Waals surface area contributed by atoms with Crippen LogP contribution in [0.15, 0.2) is 47.5 Å². The van der Waals surface area contributed by atoms with Gasteiger partial charge in [-0.05, 0) is 42.3 Å². The zero-order valence-electron chi connectivity index (χ0n) is 14.9. The van der Waals surface area contributed by atoms with Crippen LogP contribution in [-0.2, 0) is 0 Å². The van der Waals surface area contributed by atoms with Gasteiger partial charge in [-0.25, -0.2) is 4.98 Å². The lowest BCUT2D eigenvalue weighted by Gasteiger charge is -2.09. The van der Waals surface area contributed by atoms with Crippen molar-refractivity contribution in [2.24, 2.45) is 0 Å². The molecule has 0 atom stereocenters. The number of phenols is 1. The number of hydrogen-bond donors (Lipinski definition) is 1. The van der Waals surface area contributed by atoms with Gasteiger partial charge in [0.2, 0.25) is 0 Å². The van der Waals surface area contributed by atoms with Gasteiger partial charge < -0.3 is 9.84 Å². The Labute approximate surface area is 169 Å². The lowest BCUT2D eigenvalue weighted by molar-refractivity contribution is 0.299. The number of fused-ring (bicyclic) bond motifs is 1. The molecule has 0 spiro atoms. The Kier molecular flexibility index (Phi) is 5.02. The van der Waals surface area contributed by atoms with E-state index < -0.39 is 0 Å². The van der Waals surface area contributed by atoms with Crippen LogP contribution in [-0.4, -0.2) is 26.1 Å². The standard InChI is InChI=1S/C20H16ClN3O3S/c1-2-7-27-16-9-12(8-13(21)18(16)25)10-17-19(26)24-11-15(23-20(24)28-17)14-5-3-4-6-22-14/h3-6,8-11,25H,2,7H2,1H3/b17-10-. The van der Waals surface area contributed by atoms with Crippen molar-refractivity contribution in [2.45, 2.75) is 13.3 Å². The van der Waals surface area contributed by atoms with Gasteiger partial charge in [-0.15, -0.1) is 0 Å². The Morgan fingerprint density at radius 3 is 2.89 bits per heavy atom. The molecule has 142 valence electrons. The highest BCUT2D eigenvalue weighted by Crippen LogP contribution is 2.35. The number of nitrogens with zero attached hydrogens (tertiary/aromatic N) is 3. The Balaban J connectivity index is 1.76. The minimum absolute atomic E-state index is 0.101. The zero-order valence-corrected chi connectivity index (χ0v) is 16.5. The van der Waals surface area contributed by atoms with E-state index in [9.17, 15) is 9.90 Å². The number of thiazole rings is 1. The van der Waals surface area contributed by atoms with Crippen molar-refractivity contribution < 1.29 is 9.84 Å². The van der Waals surface area contributed by atoms with Crippen molar-refractivity contribution >= 4 is 34.0 Å². The number of aromatic nitrogens is 3. The first kappa shape index (κ1) is 18.5. The molecule has 1 N–H and O–H groups in total. The first-order valence-electron chi connectivity index (χ1n) is 8.67. The molecule has 4 aromatic rings. The van der Waals surface area contributed by atoms with Crippen molar-refractivity contribution in [3.63, 3.8) is 0 Å². The highest BCUT2D eigenvalue weighted by molar-refractivity contribution is 7.15. The fraction of sp³-hybridized carbons (Fsp3) is 0.150. The average Bonchev–Trinajstić information content (AvgIpc) is 3.24. The van der Waals surface area contributed by atoms with E-state index in [-0.39, 0.29) is 16.3 Å². The van der Waals surface area contributed by atoms with Gasteiger partial charge in [0.1, 0.15) is 5.69 Å². The van der Waals surface area contributed by atoms with Crippen molar-refractivity contribution in [3.8, 4) is 22.9 Å². The first-order chi connectivity index (χ1) is 13.6. The maximum absolute atomic E-state index is 12.8. The largest absolute Gasteiger partial charge is 0.503 e. The summed E-state index contributed by atoms with van der Waals surface area (Å²) in [5.41, 5.74) is 1.86. The summed E-state index contributed by atoms with van der Waals surface area (Å²) in [4.78, 5) is 22.1. The monoisotopic (exact) mass is 413 g/mol. The Morgan fingerprint density at radius 1 is 1.32 bits per heavy atom. The lowest BCUT2D eigenvalue weighted by atomic mass is 10.2. The van der Waals surface area contributed by atoms with E-state index in [1.165, 1.54) is 15.7 Å². The maximum atomic E-state index is 12.8. The van der Waals surface area contributed by atoms with E-state index in [0.29, 0.717) is 38.8 Å². The molecule has 0 bridgehead atoms. The van der Waals surface area contributed by atoms with Crippen LogP contribution in [0.3, 0.4) is 0 Å². The summed E-state index contributed by atoms with van der Waals surface area (Å²) in [6.45, 7) is 2.43. The summed E-state index contributed by atoms with van der Waals surface area (Å²) >= 11 is 7.38. The molecule has 4 rings (SSSR count). The van der Waals surface area contributed by atoms with Gasteiger partial charge in [0.25, 0.3) is 5.56 Å². The summed E-state index contributed by atoms with van der Waals surface area (Å²) in [6, 6.07) is 8.81. The van der Waals surface area contributed by atoms with E-state index >= 15 is 0 Å². The third-order valence-corrected chi connectivity index (χ3v) is 5.31. The number of ether oxygens (including phenoxy) is 1. The number of aromatic hydroxyl groups is 1. The zero-order chi connectivity index (χ0) is 19.7. The van der Waals surface area contributed by atoms with Crippen molar-refractivity contribution in [1.29, 1.82) is 0 Å². The summed E-state index contributed by atoms with van der Waals surface area (Å²) < 4.78 is 7.55. The minimum atomic E-state index is -0.171. The van der Waals surface area contributed by atoms with Gasteiger partial charge in [-0.2, -0.15) is 0 Å². The molecule has 0 aliphatic carbocycles. The van der Waals surface area contributed by atoms with Crippen LogP contribution in [0.4, 0.5) is 0 Å². The molecule has 0 unspecified atom stereocenters. The van der Waals surface area contributed by atoms with Crippen LogP contribution in [0.1, 0.15) is 18.9 Å². The Bertz CT molecular complexity index is 1250. The molecule has 3 heterocycles. The number of rotatable bonds is 5. The highest BCUT2D eigenvalue weighted by atomic mass is 35.5. The second kappa shape index (κ2) is 7.61. The fourth-order valence-corrected chi connectivity index (χ4v) is 3.90. The highest BCUT2D eigenvalue weighted by Gasteiger charge is 2.12. The average molecular weight is 414 g/mol. The molecule has 0 saturated heterocycles. The maximum Gasteiger partial charge on any atom is 0.274 e. The molecule has 6 nitrogen and oxygen atoms in total. The van der Waals surface area contributed by atoms with Gasteiger partial charge in [0.05, 0.1) is 21.9 Å². The molecule has 1 aromatic carbocycles. The predicted molar refractivity (Wildman–Crippen MR) is 110 cm³/mol. The molecule has 8 heteroatoms. The van der Waals surface area contributed by atoms with Crippen LogP contribution >= 0.6 is 22.9 Å². The topological polar surface area (TPSA) is 76.7 Å². The molecular formula is C20H16ClN3O3S. The number of halogens is 1. The molecule has 0 saturated carbocycles. The molecule has 0 aliphatic heterocycles. The Hall–Kier alpha value is -2.90. The second-order valence-corrected chi connectivity index (χ2v) is 7.52. The van der Waals surface area contributed by atoms with Crippen LogP contribution in [0, 0.1) is 0 Å². The molecule has 0 aliphatic rings. The van der Waals surface area contributed by atoms with Crippen LogP contribution in [0.25, 0.3) is 22.4 Å². The van der Waals surface area contributed by atoms with Gasteiger partial charge in [0, 0.05) is 12.4 Å². The van der Waals surface area contributed by atoms with Crippen LogP contribution in [0.5, 0.6) is 11.5 Å². The number of hydrogen-bond acceptors (Lipinski definition) is 6. The Morgan fingerprint density at radius 2 is 2.18 bits per heavy atom. The molecule has 28 heavy (non-hydrogen) atoms. The van der Waals surface area contributed by atoms with Crippen molar-refractivity contribution in [2.75, 3.05) is 6.61 Å². The van der Waals surface area contributed by atoms with E-state index in [0.717, 1.165) is 6.42 Å². The van der Waals surface area contributed by atoms with Crippen molar-refractivity contribution in [1.82, 2.24) is 14.4 Å². The smallest absolute Gasteiger partial charge is 0.274 e. The SMILES string of the molecule is CCCOc1cc(/C=c2\sc3nc(-c4ccccn4)cn3c2=O)cc(Cl)c1O. The molecular weight excluding hydrogens is 398 g/mol. The molecule has 3 aromatic heterocycles. The summed E-state index contributed by atoms with van der Waals surface area (Å²) in [5.74, 6) is 0.197. The van der Waals surface area contributed by atoms with E-state index in [1.54, 1.807) is 30.6 Å². The number of benzene rings is 1. The third-order valence-electron chi connectivity index (χ3n) is 4.04. The van der Waals surface area contributed by atoms with E-state index in [2.05, 4.69) is 9.97 Å². The van der Waals surface area contributed by atoms with Gasteiger partial charge in [-0.1, -0.05) is 35.9 Å². The van der Waals surface area contributed by atoms with E-state index in [4.69, 9.17) is 16.3 Å². The number of imidazole rings is 1. The van der Waals surface area contributed by atoms with Crippen molar-refractivity contribution in [3.05, 3.63) is 68.2 Å². The number of phenolic OH excluding ortho intramolecular Hbond substituents is 1. The summed E-state index contributed by atoms with van der Waals surface area (Å²) in [6.07, 6.45) is 5.89. The fourth-order valence-electron chi connectivity index (χ4n) is 2.72. The van der Waals surface area contributed by atoms with Gasteiger partial charge >= 0.3 is 0 Å². The third kappa shape index (κ3) is 3.46. The minimum Gasteiger partial charge on any atom is -0.503 e. The lowest BCUT2D eigenvalue weighted by Crippen LogP contribution is -2.22.